The summed E-state index contributed by atoms with van der Waals surface area (Å²) in [5, 5.41) is 0. The van der Waals surface area contributed by atoms with E-state index in [4.69, 9.17) is 17.7 Å². The Balaban J connectivity index is 0. The lowest BCUT2D eigenvalue weighted by Gasteiger charge is -2.15. The SMILES string of the molecule is CO[SiH](C)OC.CO[Si](C)(C)OC. The van der Waals surface area contributed by atoms with Gasteiger partial charge in [-0.15, -0.1) is 0 Å². The van der Waals surface area contributed by atoms with Gasteiger partial charge in [-0.25, -0.2) is 0 Å². The van der Waals surface area contributed by atoms with Crippen LogP contribution in [0.1, 0.15) is 0 Å². The summed E-state index contributed by atoms with van der Waals surface area (Å²) in [5.74, 6) is 0. The van der Waals surface area contributed by atoms with Crippen molar-refractivity contribution in [2.45, 2.75) is 19.6 Å². The van der Waals surface area contributed by atoms with E-state index in [9.17, 15) is 0 Å². The molecular formula is C7H22O4Si2. The summed E-state index contributed by atoms with van der Waals surface area (Å²) in [6.07, 6.45) is 0. The first-order chi connectivity index (χ1) is 5.93. The first-order valence-corrected chi connectivity index (χ1v) is 9.00. The Morgan fingerprint density at radius 2 is 1.15 bits per heavy atom. The first kappa shape index (κ1) is 15.7. The van der Waals surface area contributed by atoms with Crippen LogP contribution in [0.3, 0.4) is 0 Å². The maximum absolute atomic E-state index is 5.00. The highest BCUT2D eigenvalue weighted by Crippen LogP contribution is 1.99. The van der Waals surface area contributed by atoms with Gasteiger partial charge in [0.25, 0.3) is 0 Å². The molecule has 0 N–H and O–H groups in total. The van der Waals surface area contributed by atoms with E-state index in [1.807, 2.05) is 19.6 Å². The third kappa shape index (κ3) is 12.3. The minimum absolute atomic E-state index is 1.16. The van der Waals surface area contributed by atoms with E-state index in [0.29, 0.717) is 0 Å². The summed E-state index contributed by atoms with van der Waals surface area (Å²) in [4.78, 5) is 0. The smallest absolute Gasteiger partial charge is 0.331 e. The van der Waals surface area contributed by atoms with E-state index >= 15 is 0 Å². The van der Waals surface area contributed by atoms with Crippen molar-refractivity contribution in [2.24, 2.45) is 0 Å². The van der Waals surface area contributed by atoms with Crippen molar-refractivity contribution in [3.05, 3.63) is 0 Å². The van der Waals surface area contributed by atoms with Crippen molar-refractivity contribution >= 4 is 17.8 Å². The van der Waals surface area contributed by atoms with E-state index in [-0.39, 0.29) is 0 Å². The predicted octanol–water partition coefficient (Wildman–Crippen LogP) is 1.11. The molecule has 0 heterocycles. The second-order valence-electron chi connectivity index (χ2n) is 2.85. The average Bonchev–Trinajstić information content (AvgIpc) is 2.17. The molecule has 0 aliphatic rings. The summed E-state index contributed by atoms with van der Waals surface area (Å²) in [6, 6.07) is 0. The van der Waals surface area contributed by atoms with Crippen molar-refractivity contribution in [1.29, 1.82) is 0 Å². The van der Waals surface area contributed by atoms with Gasteiger partial charge in [-0.3, -0.25) is 0 Å². The Labute approximate surface area is 84.2 Å². The second-order valence-corrected chi connectivity index (χ2v) is 8.54. The highest BCUT2D eigenvalue weighted by atomic mass is 28.4. The Morgan fingerprint density at radius 1 is 0.846 bits per heavy atom. The van der Waals surface area contributed by atoms with E-state index in [0.717, 1.165) is 0 Å². The van der Waals surface area contributed by atoms with Gasteiger partial charge in [-0.2, -0.15) is 0 Å². The van der Waals surface area contributed by atoms with Gasteiger partial charge in [0.2, 0.25) is 0 Å². The minimum atomic E-state index is -1.65. The molecule has 0 aliphatic carbocycles. The van der Waals surface area contributed by atoms with Crippen molar-refractivity contribution < 1.29 is 17.7 Å². The standard InChI is InChI=1S/C4H12O2Si.C3H10O2Si/c1-5-7(3,4)6-2;1-4-6(3)5-2/h1-4H3;6H,1-3H3. The molecule has 4 nitrogen and oxygen atoms in total. The number of hydrogen-bond donors (Lipinski definition) is 0. The third-order valence-corrected chi connectivity index (χ3v) is 4.94. The molecule has 0 fully saturated rings. The van der Waals surface area contributed by atoms with E-state index < -0.39 is 17.8 Å². The molecule has 0 saturated carbocycles. The predicted molar refractivity (Wildman–Crippen MR) is 58.5 cm³/mol. The van der Waals surface area contributed by atoms with Crippen LogP contribution in [-0.4, -0.2) is 46.3 Å². The molecule has 6 heteroatoms. The quantitative estimate of drug-likeness (QED) is 0.673. The summed E-state index contributed by atoms with van der Waals surface area (Å²) < 4.78 is 19.6. The summed E-state index contributed by atoms with van der Waals surface area (Å²) in [6.45, 7) is 5.96. The van der Waals surface area contributed by atoms with Crippen molar-refractivity contribution in [3.8, 4) is 0 Å². The lowest BCUT2D eigenvalue weighted by Crippen LogP contribution is -2.31. The number of rotatable bonds is 4. The normalized spacial score (nSPS) is 11.1. The van der Waals surface area contributed by atoms with Crippen LogP contribution in [0.4, 0.5) is 0 Å². The lowest BCUT2D eigenvalue weighted by atomic mass is 11.8. The van der Waals surface area contributed by atoms with Gasteiger partial charge < -0.3 is 17.7 Å². The van der Waals surface area contributed by atoms with Gasteiger partial charge in [-0.1, -0.05) is 0 Å². The van der Waals surface area contributed by atoms with Gasteiger partial charge in [-0.05, 0) is 19.6 Å². The lowest BCUT2D eigenvalue weighted by molar-refractivity contribution is 0.258. The van der Waals surface area contributed by atoms with Crippen LogP contribution in [0.15, 0.2) is 0 Å². The molecule has 0 spiro atoms. The fourth-order valence-corrected chi connectivity index (χ4v) is 0.539. The van der Waals surface area contributed by atoms with Gasteiger partial charge >= 0.3 is 17.8 Å². The van der Waals surface area contributed by atoms with Crippen molar-refractivity contribution in [1.82, 2.24) is 0 Å². The van der Waals surface area contributed by atoms with Crippen LogP contribution >= 0.6 is 0 Å². The highest BCUT2D eigenvalue weighted by Gasteiger charge is 2.19. The zero-order valence-corrected chi connectivity index (χ0v) is 11.9. The molecule has 13 heavy (non-hydrogen) atoms. The maximum atomic E-state index is 5.00. The minimum Gasteiger partial charge on any atom is -0.400 e. The highest BCUT2D eigenvalue weighted by molar-refractivity contribution is 6.64. The molecule has 0 aromatic carbocycles. The Kier molecular flexibility index (Phi) is 10.7. The van der Waals surface area contributed by atoms with Crippen LogP contribution in [0.2, 0.25) is 19.6 Å². The van der Waals surface area contributed by atoms with E-state index in [1.165, 1.54) is 0 Å². The molecule has 0 aliphatic heterocycles. The molecule has 0 atom stereocenters. The molecule has 82 valence electrons. The molecule has 0 unspecified atom stereocenters. The Morgan fingerprint density at radius 3 is 1.15 bits per heavy atom. The average molecular weight is 226 g/mol. The summed E-state index contributed by atoms with van der Waals surface area (Å²) in [7, 11) is 3.88. The zero-order chi connectivity index (χ0) is 10.9. The maximum Gasteiger partial charge on any atom is 0.331 e. The van der Waals surface area contributed by atoms with E-state index in [2.05, 4.69) is 0 Å². The first-order valence-electron chi connectivity index (χ1n) is 4.09. The van der Waals surface area contributed by atoms with E-state index in [1.54, 1.807) is 28.4 Å². The van der Waals surface area contributed by atoms with Gasteiger partial charge in [0.1, 0.15) is 0 Å². The third-order valence-electron chi connectivity index (χ3n) is 1.65. The van der Waals surface area contributed by atoms with Crippen LogP contribution in [0.25, 0.3) is 0 Å². The van der Waals surface area contributed by atoms with Crippen molar-refractivity contribution in [3.63, 3.8) is 0 Å². The van der Waals surface area contributed by atoms with Crippen LogP contribution in [0.5, 0.6) is 0 Å². The largest absolute Gasteiger partial charge is 0.400 e. The van der Waals surface area contributed by atoms with Gasteiger partial charge in [0.05, 0.1) is 0 Å². The molecule has 0 aromatic rings. The van der Waals surface area contributed by atoms with Crippen LogP contribution < -0.4 is 0 Å². The summed E-state index contributed by atoms with van der Waals surface area (Å²) >= 11 is 0. The topological polar surface area (TPSA) is 36.9 Å². The monoisotopic (exact) mass is 226 g/mol. The van der Waals surface area contributed by atoms with Crippen LogP contribution in [0, 0.1) is 0 Å². The number of hydrogen-bond acceptors (Lipinski definition) is 4. The molecule has 0 rings (SSSR count). The molecule has 0 saturated heterocycles. The van der Waals surface area contributed by atoms with Crippen molar-refractivity contribution in [2.75, 3.05) is 28.4 Å². The molecule has 0 bridgehead atoms. The molecule has 0 radical (unpaired) electrons. The fourth-order valence-electron chi connectivity index (χ4n) is 0.180. The van der Waals surface area contributed by atoms with Gasteiger partial charge in [0, 0.05) is 28.4 Å². The van der Waals surface area contributed by atoms with Gasteiger partial charge in [0.15, 0.2) is 0 Å². The second kappa shape index (κ2) is 8.85. The summed E-state index contributed by atoms with van der Waals surface area (Å²) in [5.41, 5.74) is 0. The molecule has 0 aromatic heterocycles. The Bertz CT molecular complexity index is 101. The Hall–Kier alpha value is 0.274. The fraction of sp³-hybridized carbons (Fsp3) is 1.00. The molecule has 0 amide bonds. The zero-order valence-electron chi connectivity index (χ0n) is 9.71. The molecular weight excluding hydrogens is 204 g/mol. The van der Waals surface area contributed by atoms with Crippen LogP contribution in [-0.2, 0) is 17.7 Å².